The third-order valence-corrected chi connectivity index (χ3v) is 5.46. The van der Waals surface area contributed by atoms with Crippen molar-refractivity contribution in [3.05, 3.63) is 83.6 Å². The molecule has 0 aliphatic heterocycles. The molecule has 3 aromatic rings. The lowest BCUT2D eigenvalue weighted by Gasteiger charge is -2.12. The molecule has 1 amide bonds. The topological polar surface area (TPSA) is 88.4 Å². The van der Waals surface area contributed by atoms with E-state index >= 15 is 0 Å². The molecule has 0 radical (unpaired) electrons. The van der Waals surface area contributed by atoms with Crippen LogP contribution in [0.25, 0.3) is 0 Å². The van der Waals surface area contributed by atoms with Gasteiger partial charge in [0, 0.05) is 11.3 Å². The van der Waals surface area contributed by atoms with Gasteiger partial charge >= 0.3 is 0 Å². The maximum Gasteiger partial charge on any atom is 0.261 e. The number of anilines is 1. The van der Waals surface area contributed by atoms with E-state index < -0.39 is 15.8 Å². The SMILES string of the molecule is Cc1ccc(C(C)NC(=O)c2ccc(NS(=O)(=O)c3ccc(F)cc3)cc2)o1. The van der Waals surface area contributed by atoms with Crippen molar-refractivity contribution in [1.82, 2.24) is 5.32 Å². The Kier molecular flexibility index (Phi) is 5.51. The average Bonchev–Trinajstić information content (AvgIpc) is 3.09. The molecule has 3 rings (SSSR count). The predicted molar refractivity (Wildman–Crippen MR) is 103 cm³/mol. The summed E-state index contributed by atoms with van der Waals surface area (Å²) in [5, 5.41) is 2.82. The number of hydrogen-bond donors (Lipinski definition) is 2. The van der Waals surface area contributed by atoms with Crippen molar-refractivity contribution >= 4 is 21.6 Å². The normalized spacial score (nSPS) is 12.4. The summed E-state index contributed by atoms with van der Waals surface area (Å²) in [5.74, 6) is 0.575. The van der Waals surface area contributed by atoms with Crippen molar-refractivity contribution in [2.24, 2.45) is 0 Å². The van der Waals surface area contributed by atoms with Crippen LogP contribution in [0.5, 0.6) is 0 Å². The minimum Gasteiger partial charge on any atom is -0.464 e. The highest BCUT2D eigenvalue weighted by Crippen LogP contribution is 2.19. The van der Waals surface area contributed by atoms with Gasteiger partial charge in [0.2, 0.25) is 0 Å². The number of benzene rings is 2. The molecule has 1 aromatic heterocycles. The third-order valence-electron chi connectivity index (χ3n) is 4.06. The lowest BCUT2D eigenvalue weighted by molar-refractivity contribution is 0.0935. The molecule has 0 saturated carbocycles. The molecule has 8 heteroatoms. The van der Waals surface area contributed by atoms with Crippen LogP contribution in [-0.2, 0) is 10.0 Å². The Hall–Kier alpha value is -3.13. The number of nitrogens with one attached hydrogen (secondary N) is 2. The van der Waals surface area contributed by atoms with Crippen molar-refractivity contribution in [2.75, 3.05) is 4.72 Å². The van der Waals surface area contributed by atoms with E-state index in [4.69, 9.17) is 4.42 Å². The first-order valence-corrected chi connectivity index (χ1v) is 9.98. The van der Waals surface area contributed by atoms with Crippen molar-refractivity contribution in [1.29, 1.82) is 0 Å². The minimum atomic E-state index is -3.85. The first-order chi connectivity index (χ1) is 13.2. The third kappa shape index (κ3) is 4.58. The Bertz CT molecular complexity index is 1070. The van der Waals surface area contributed by atoms with Gasteiger partial charge in [0.25, 0.3) is 15.9 Å². The Morgan fingerprint density at radius 2 is 1.64 bits per heavy atom. The fourth-order valence-corrected chi connectivity index (χ4v) is 3.61. The first kappa shape index (κ1) is 19.6. The fourth-order valence-electron chi connectivity index (χ4n) is 2.55. The molecule has 0 bridgehead atoms. The van der Waals surface area contributed by atoms with Gasteiger partial charge in [-0.2, -0.15) is 0 Å². The van der Waals surface area contributed by atoms with Crippen LogP contribution in [0.2, 0.25) is 0 Å². The molecule has 0 fully saturated rings. The summed E-state index contributed by atoms with van der Waals surface area (Å²) in [6, 6.07) is 13.8. The van der Waals surface area contributed by atoms with Gasteiger partial charge in [-0.25, -0.2) is 12.8 Å². The van der Waals surface area contributed by atoms with Gasteiger partial charge in [-0.1, -0.05) is 0 Å². The Morgan fingerprint density at radius 1 is 1.00 bits per heavy atom. The number of rotatable bonds is 6. The molecule has 1 heterocycles. The molecule has 0 aliphatic rings. The molecule has 0 aliphatic carbocycles. The van der Waals surface area contributed by atoms with Crippen molar-refractivity contribution in [3.63, 3.8) is 0 Å². The van der Waals surface area contributed by atoms with E-state index in [9.17, 15) is 17.6 Å². The number of hydrogen-bond acceptors (Lipinski definition) is 4. The van der Waals surface area contributed by atoms with Gasteiger partial charge in [0.1, 0.15) is 17.3 Å². The number of halogens is 1. The summed E-state index contributed by atoms with van der Waals surface area (Å²) in [4.78, 5) is 12.3. The summed E-state index contributed by atoms with van der Waals surface area (Å²) in [7, 11) is -3.85. The van der Waals surface area contributed by atoms with Gasteiger partial charge in [0.15, 0.2) is 0 Å². The lowest BCUT2D eigenvalue weighted by atomic mass is 10.1. The van der Waals surface area contributed by atoms with E-state index in [0.717, 1.165) is 17.9 Å². The van der Waals surface area contributed by atoms with Crippen LogP contribution in [0, 0.1) is 12.7 Å². The van der Waals surface area contributed by atoms with Crippen molar-refractivity contribution in [3.8, 4) is 0 Å². The Labute approximate surface area is 162 Å². The van der Waals surface area contributed by atoms with Crippen molar-refractivity contribution < 1.29 is 22.0 Å². The number of carbonyl (C=O) groups is 1. The van der Waals surface area contributed by atoms with Gasteiger partial charge in [-0.05, 0) is 74.5 Å². The molecule has 1 unspecified atom stereocenters. The van der Waals surface area contributed by atoms with Crippen LogP contribution in [0.1, 0.15) is 34.8 Å². The van der Waals surface area contributed by atoms with Gasteiger partial charge in [0.05, 0.1) is 10.9 Å². The molecule has 0 saturated heterocycles. The zero-order valence-electron chi connectivity index (χ0n) is 15.3. The van der Waals surface area contributed by atoms with Crippen molar-refractivity contribution in [2.45, 2.75) is 24.8 Å². The number of carbonyl (C=O) groups excluding carboxylic acids is 1. The Balaban J connectivity index is 1.67. The predicted octanol–water partition coefficient (Wildman–Crippen LogP) is 4.02. The molecule has 28 heavy (non-hydrogen) atoms. The van der Waals surface area contributed by atoms with Crippen LogP contribution in [0.15, 0.2) is 70.0 Å². The molecule has 146 valence electrons. The van der Waals surface area contributed by atoms with Crippen LogP contribution in [-0.4, -0.2) is 14.3 Å². The number of furan rings is 1. The first-order valence-electron chi connectivity index (χ1n) is 8.50. The van der Waals surface area contributed by atoms with E-state index in [1.165, 1.54) is 36.4 Å². The number of aryl methyl sites for hydroxylation is 1. The summed E-state index contributed by atoms with van der Waals surface area (Å²) in [6.45, 7) is 3.63. The van der Waals surface area contributed by atoms with E-state index in [1.54, 1.807) is 13.0 Å². The highest BCUT2D eigenvalue weighted by Gasteiger charge is 2.16. The quantitative estimate of drug-likeness (QED) is 0.652. The standard InChI is InChI=1S/C20H19FN2O4S/c1-13-3-12-19(27-13)14(2)22-20(24)15-4-8-17(9-5-15)23-28(25,26)18-10-6-16(21)7-11-18/h3-12,14,23H,1-2H3,(H,22,24). The van der Waals surface area contributed by atoms with E-state index in [1.807, 2.05) is 13.0 Å². The molecule has 2 aromatic carbocycles. The van der Waals surface area contributed by atoms with E-state index in [0.29, 0.717) is 11.3 Å². The number of sulfonamides is 1. The number of amides is 1. The molecule has 6 nitrogen and oxygen atoms in total. The van der Waals surface area contributed by atoms with Crippen LogP contribution in [0.4, 0.5) is 10.1 Å². The Morgan fingerprint density at radius 3 is 2.21 bits per heavy atom. The fraction of sp³-hybridized carbons (Fsp3) is 0.150. The zero-order chi connectivity index (χ0) is 20.3. The second kappa shape index (κ2) is 7.85. The zero-order valence-corrected chi connectivity index (χ0v) is 16.1. The van der Waals surface area contributed by atoms with E-state index in [2.05, 4.69) is 10.0 Å². The summed E-state index contributed by atoms with van der Waals surface area (Å²) < 4.78 is 45.5. The molecule has 1 atom stereocenters. The molecule has 0 spiro atoms. The van der Waals surface area contributed by atoms with Gasteiger partial charge in [-0.3, -0.25) is 9.52 Å². The second-order valence-electron chi connectivity index (χ2n) is 6.28. The smallest absolute Gasteiger partial charge is 0.261 e. The average molecular weight is 402 g/mol. The second-order valence-corrected chi connectivity index (χ2v) is 7.96. The largest absolute Gasteiger partial charge is 0.464 e. The van der Waals surface area contributed by atoms with E-state index in [-0.39, 0.29) is 22.5 Å². The highest BCUT2D eigenvalue weighted by atomic mass is 32.2. The lowest BCUT2D eigenvalue weighted by Crippen LogP contribution is -2.26. The van der Waals surface area contributed by atoms with Gasteiger partial charge in [-0.15, -0.1) is 0 Å². The molecule has 2 N–H and O–H groups in total. The summed E-state index contributed by atoms with van der Waals surface area (Å²) in [5.41, 5.74) is 0.662. The van der Waals surface area contributed by atoms with Gasteiger partial charge < -0.3 is 9.73 Å². The molecular formula is C20H19FN2O4S. The summed E-state index contributed by atoms with van der Waals surface area (Å²) in [6.07, 6.45) is 0. The minimum absolute atomic E-state index is 0.0571. The van der Waals surface area contributed by atoms with Crippen LogP contribution in [0.3, 0.4) is 0 Å². The van der Waals surface area contributed by atoms with Crippen LogP contribution >= 0.6 is 0 Å². The maximum atomic E-state index is 13.0. The van der Waals surface area contributed by atoms with Crippen LogP contribution < -0.4 is 10.0 Å². The summed E-state index contributed by atoms with van der Waals surface area (Å²) >= 11 is 0. The highest BCUT2D eigenvalue weighted by molar-refractivity contribution is 7.92. The molecular weight excluding hydrogens is 383 g/mol. The maximum absolute atomic E-state index is 13.0. The monoisotopic (exact) mass is 402 g/mol.